The van der Waals surface area contributed by atoms with Crippen LogP contribution >= 0.6 is 0 Å². The number of hydrogen-bond donors (Lipinski definition) is 2. The van der Waals surface area contributed by atoms with Crippen molar-refractivity contribution in [1.29, 1.82) is 0 Å². The van der Waals surface area contributed by atoms with Crippen molar-refractivity contribution in [3.05, 3.63) is 21.7 Å². The second kappa shape index (κ2) is 4.18. The van der Waals surface area contributed by atoms with E-state index in [4.69, 9.17) is 10.9 Å². The maximum atomic E-state index is 12.5. The molecule has 0 aromatic carbocycles. The van der Waals surface area contributed by atoms with Crippen molar-refractivity contribution in [2.75, 3.05) is 5.73 Å². The van der Waals surface area contributed by atoms with Crippen LogP contribution in [0.1, 0.15) is 12.0 Å². The number of alkyl halides is 2. The van der Waals surface area contributed by atoms with Crippen molar-refractivity contribution in [3.63, 3.8) is 0 Å². The number of halogens is 2. The maximum Gasteiger partial charge on any atom is 0.374 e. The van der Waals surface area contributed by atoms with Crippen LogP contribution in [0, 0.1) is 10.1 Å². The van der Waals surface area contributed by atoms with Crippen LogP contribution in [0.5, 0.6) is 0 Å². The summed E-state index contributed by atoms with van der Waals surface area (Å²) in [6, 6.07) is 0.348. The second-order valence-electron chi connectivity index (χ2n) is 2.89. The predicted octanol–water partition coefficient (Wildman–Crippen LogP) is 0.157. The van der Waals surface area contributed by atoms with Crippen LogP contribution in [0.25, 0.3) is 0 Å². The molecule has 0 unspecified atom stereocenters. The van der Waals surface area contributed by atoms with E-state index >= 15 is 0 Å². The lowest BCUT2D eigenvalue weighted by atomic mass is 10.2. The average Bonchev–Trinajstić information content (AvgIpc) is 2.14. The fourth-order valence-electron chi connectivity index (χ4n) is 1.05. The Hall–Kier alpha value is -1.88. The molecule has 0 bridgehead atoms. The lowest BCUT2D eigenvalue weighted by Crippen LogP contribution is -2.16. The van der Waals surface area contributed by atoms with Gasteiger partial charge in [0.2, 0.25) is 10.0 Å². The number of nitrogens with two attached hydrogens (primary N) is 2. The first-order valence-electron chi connectivity index (χ1n) is 3.90. The molecule has 17 heavy (non-hydrogen) atoms. The lowest BCUT2D eigenvalue weighted by Gasteiger charge is -2.04. The van der Waals surface area contributed by atoms with Crippen molar-refractivity contribution in [2.45, 2.75) is 11.3 Å². The molecule has 0 amide bonds. The molecule has 0 saturated heterocycles. The molecule has 0 fully saturated rings. The molecule has 0 saturated carbocycles. The van der Waals surface area contributed by atoms with E-state index in [9.17, 15) is 27.3 Å². The smallest absolute Gasteiger partial charge is 0.362 e. The molecule has 0 aliphatic heterocycles. The number of primary sulfonamides is 1. The summed E-state index contributed by atoms with van der Waals surface area (Å²) in [5.74, 6) is -2.01. The molecule has 0 atom stereocenters. The molecular weight excluding hydrogens is 262 g/mol. The summed E-state index contributed by atoms with van der Waals surface area (Å²) >= 11 is 0. The summed E-state index contributed by atoms with van der Waals surface area (Å²) in [6.07, 6.45) is -3.27. The number of sulfonamides is 1. The molecule has 11 heteroatoms. The van der Waals surface area contributed by atoms with E-state index in [1.54, 1.807) is 0 Å². The predicted molar refractivity (Wildman–Crippen MR) is 51.6 cm³/mol. The average molecular weight is 268 g/mol. The summed E-state index contributed by atoms with van der Waals surface area (Å²) in [6.45, 7) is 0. The second-order valence-corrected chi connectivity index (χ2v) is 4.42. The van der Waals surface area contributed by atoms with Crippen molar-refractivity contribution in [2.24, 2.45) is 5.14 Å². The Morgan fingerprint density at radius 1 is 1.47 bits per heavy atom. The highest BCUT2D eigenvalue weighted by Gasteiger charge is 2.29. The van der Waals surface area contributed by atoms with Gasteiger partial charge in [0.05, 0.1) is 0 Å². The van der Waals surface area contributed by atoms with Crippen LogP contribution in [-0.2, 0) is 10.0 Å². The summed E-state index contributed by atoms with van der Waals surface area (Å²) in [5.41, 5.74) is 3.94. The van der Waals surface area contributed by atoms with Gasteiger partial charge >= 0.3 is 5.82 Å². The molecule has 0 spiro atoms. The van der Waals surface area contributed by atoms with E-state index < -0.39 is 43.5 Å². The zero-order chi connectivity index (χ0) is 13.4. The molecule has 1 aromatic rings. The van der Waals surface area contributed by atoms with Gasteiger partial charge in [-0.15, -0.1) is 0 Å². The third kappa shape index (κ3) is 2.62. The highest BCUT2D eigenvalue weighted by Crippen LogP contribution is 2.31. The molecule has 1 aromatic heterocycles. The molecule has 4 N–H and O–H groups in total. The van der Waals surface area contributed by atoms with Gasteiger partial charge in [-0.05, 0) is 16.0 Å². The highest BCUT2D eigenvalue weighted by atomic mass is 32.2. The van der Waals surface area contributed by atoms with Crippen molar-refractivity contribution >= 4 is 21.7 Å². The van der Waals surface area contributed by atoms with E-state index in [1.807, 2.05) is 0 Å². The first-order valence-corrected chi connectivity index (χ1v) is 5.45. The first-order chi connectivity index (χ1) is 7.64. The van der Waals surface area contributed by atoms with Crippen LogP contribution in [0.3, 0.4) is 0 Å². The Labute approximate surface area is 93.4 Å². The van der Waals surface area contributed by atoms with Gasteiger partial charge in [0.1, 0.15) is 5.56 Å². The third-order valence-electron chi connectivity index (χ3n) is 1.74. The molecule has 8 nitrogen and oxygen atoms in total. The zero-order valence-electron chi connectivity index (χ0n) is 8.00. The molecular formula is C6H6F2N4O4S. The fourth-order valence-corrected chi connectivity index (χ4v) is 1.68. The van der Waals surface area contributed by atoms with Gasteiger partial charge in [-0.2, -0.15) is 0 Å². The van der Waals surface area contributed by atoms with Crippen LogP contribution in [-0.4, -0.2) is 18.3 Å². The normalized spacial score (nSPS) is 11.8. The van der Waals surface area contributed by atoms with Gasteiger partial charge in [0.25, 0.3) is 12.2 Å². The van der Waals surface area contributed by atoms with Gasteiger partial charge in [0.15, 0.2) is 4.90 Å². The van der Waals surface area contributed by atoms with Crippen LogP contribution < -0.4 is 10.9 Å². The van der Waals surface area contributed by atoms with E-state index in [-0.39, 0.29) is 0 Å². The fraction of sp³-hybridized carbons (Fsp3) is 0.167. The molecule has 0 aliphatic carbocycles. The van der Waals surface area contributed by atoms with Gasteiger partial charge in [0, 0.05) is 0 Å². The van der Waals surface area contributed by atoms with Crippen molar-refractivity contribution in [1.82, 2.24) is 4.98 Å². The number of anilines is 1. The molecule has 94 valence electrons. The standard InChI is InChI=1S/C6H6F2N4O4S/c7-4(8)2-1-3(17(10,15)16)5(9)11-6(2)12(13)14/h1,4H,(H2,9,11)(H2,10,15,16). The van der Waals surface area contributed by atoms with Crippen molar-refractivity contribution < 1.29 is 22.1 Å². The lowest BCUT2D eigenvalue weighted by molar-refractivity contribution is -0.390. The molecule has 1 heterocycles. The van der Waals surface area contributed by atoms with Gasteiger partial charge in [-0.1, -0.05) is 0 Å². The highest BCUT2D eigenvalue weighted by molar-refractivity contribution is 7.89. The van der Waals surface area contributed by atoms with Crippen LogP contribution in [0.15, 0.2) is 11.0 Å². The first kappa shape index (κ1) is 13.2. The van der Waals surface area contributed by atoms with Crippen molar-refractivity contribution in [3.8, 4) is 0 Å². The van der Waals surface area contributed by atoms with Gasteiger partial charge < -0.3 is 15.8 Å². The Balaban J connectivity index is 3.63. The molecule has 1 rings (SSSR count). The Kier molecular flexibility index (Phi) is 3.24. The number of nitrogen functional groups attached to an aromatic ring is 1. The minimum absolute atomic E-state index is 0.348. The number of pyridine rings is 1. The Morgan fingerprint density at radius 3 is 2.35 bits per heavy atom. The number of rotatable bonds is 3. The summed E-state index contributed by atoms with van der Waals surface area (Å²) in [5, 5.41) is 15.1. The van der Waals surface area contributed by atoms with E-state index in [1.165, 1.54) is 0 Å². The van der Waals surface area contributed by atoms with E-state index in [0.717, 1.165) is 0 Å². The number of nitrogens with zero attached hydrogens (tertiary/aromatic N) is 2. The topological polar surface area (TPSA) is 142 Å². The number of hydrogen-bond acceptors (Lipinski definition) is 6. The summed E-state index contributed by atoms with van der Waals surface area (Å²) in [4.78, 5) is 11.3. The SMILES string of the molecule is Nc1nc([N+](=O)[O-])c(C(F)F)cc1S(N)(=O)=O. The third-order valence-corrected chi connectivity index (χ3v) is 2.68. The molecule has 0 radical (unpaired) electrons. The molecule has 0 aliphatic rings. The zero-order valence-corrected chi connectivity index (χ0v) is 8.82. The summed E-state index contributed by atoms with van der Waals surface area (Å²) in [7, 11) is -4.38. The van der Waals surface area contributed by atoms with E-state index in [0.29, 0.717) is 6.07 Å². The number of aromatic nitrogens is 1. The van der Waals surface area contributed by atoms with Crippen LogP contribution in [0.2, 0.25) is 0 Å². The minimum atomic E-state index is -4.38. The van der Waals surface area contributed by atoms with E-state index in [2.05, 4.69) is 4.98 Å². The summed E-state index contributed by atoms with van der Waals surface area (Å²) < 4.78 is 46.8. The monoisotopic (exact) mass is 268 g/mol. The minimum Gasteiger partial charge on any atom is -0.362 e. The Bertz CT molecular complexity index is 574. The largest absolute Gasteiger partial charge is 0.374 e. The Morgan fingerprint density at radius 2 is 2.00 bits per heavy atom. The number of nitro groups is 1. The van der Waals surface area contributed by atoms with Gasteiger partial charge in [-0.25, -0.2) is 22.3 Å². The van der Waals surface area contributed by atoms with Crippen LogP contribution in [0.4, 0.5) is 20.4 Å². The van der Waals surface area contributed by atoms with Gasteiger partial charge in [-0.3, -0.25) is 0 Å². The quantitative estimate of drug-likeness (QED) is 0.590. The maximum absolute atomic E-state index is 12.5.